The molecule has 0 bridgehead atoms. The van der Waals surface area contributed by atoms with Gasteiger partial charge in [0.15, 0.2) is 10.6 Å². The number of nitrogens with zero attached hydrogens (tertiary/aromatic N) is 2. The lowest BCUT2D eigenvalue weighted by Crippen LogP contribution is -2.02. The molecule has 1 aromatic carbocycles. The maximum atomic E-state index is 5.34. The predicted molar refractivity (Wildman–Crippen MR) is 85.6 cm³/mol. The summed E-state index contributed by atoms with van der Waals surface area (Å²) in [6, 6.07) is 12.7. The summed E-state index contributed by atoms with van der Waals surface area (Å²) in [5.74, 6) is 0.907. The smallest absolute Gasteiger partial charge is 0.195 e. The van der Waals surface area contributed by atoms with Crippen LogP contribution in [0.1, 0.15) is 18.1 Å². The normalized spacial score (nSPS) is 10.8. The first kappa shape index (κ1) is 13.3. The number of thiophene rings is 1. The highest BCUT2D eigenvalue weighted by atomic mass is 32.1. The molecular formula is C15H15N3S2. The summed E-state index contributed by atoms with van der Waals surface area (Å²) in [5.41, 5.74) is 2.58. The van der Waals surface area contributed by atoms with Gasteiger partial charge < -0.3 is 0 Å². The molecule has 0 amide bonds. The number of aryl methyl sites for hydroxylation is 1. The van der Waals surface area contributed by atoms with Crippen LogP contribution in [0.2, 0.25) is 0 Å². The molecule has 5 heteroatoms. The van der Waals surface area contributed by atoms with E-state index in [0.717, 1.165) is 23.7 Å². The van der Waals surface area contributed by atoms with Crippen molar-refractivity contribution in [3.05, 3.63) is 57.7 Å². The predicted octanol–water partition coefficient (Wildman–Crippen LogP) is 4.28. The van der Waals surface area contributed by atoms with Crippen molar-refractivity contribution in [3.8, 4) is 10.7 Å². The van der Waals surface area contributed by atoms with Crippen molar-refractivity contribution >= 4 is 23.6 Å². The third kappa shape index (κ3) is 2.59. The average molecular weight is 301 g/mol. The van der Waals surface area contributed by atoms with E-state index in [1.54, 1.807) is 11.3 Å². The van der Waals surface area contributed by atoms with Gasteiger partial charge in [0.05, 0.1) is 11.4 Å². The van der Waals surface area contributed by atoms with Crippen molar-refractivity contribution < 1.29 is 0 Å². The maximum Gasteiger partial charge on any atom is 0.195 e. The van der Waals surface area contributed by atoms with Crippen molar-refractivity contribution in [1.82, 2.24) is 14.8 Å². The summed E-state index contributed by atoms with van der Waals surface area (Å²) in [6.45, 7) is 2.91. The molecule has 0 aliphatic carbocycles. The molecule has 20 heavy (non-hydrogen) atoms. The second kappa shape index (κ2) is 5.73. The van der Waals surface area contributed by atoms with Crippen LogP contribution in [0.25, 0.3) is 10.7 Å². The van der Waals surface area contributed by atoms with Crippen LogP contribution in [-0.4, -0.2) is 14.8 Å². The Morgan fingerprint density at radius 3 is 2.60 bits per heavy atom. The van der Waals surface area contributed by atoms with Crippen LogP contribution >= 0.6 is 23.6 Å². The second-order valence-electron chi connectivity index (χ2n) is 4.59. The summed E-state index contributed by atoms with van der Waals surface area (Å²) < 4.78 is 2.70. The maximum absolute atomic E-state index is 5.34. The van der Waals surface area contributed by atoms with Gasteiger partial charge in [-0.3, -0.25) is 9.67 Å². The Bertz CT molecular complexity index is 736. The van der Waals surface area contributed by atoms with E-state index >= 15 is 0 Å². The Kier molecular flexibility index (Phi) is 3.80. The SMILES string of the molecule is CCc1ccc(Cn2c(-c3cccs3)n[nH]c2=S)cc1. The monoisotopic (exact) mass is 301 g/mol. The van der Waals surface area contributed by atoms with Crippen LogP contribution in [0.4, 0.5) is 0 Å². The standard InChI is InChI=1S/C15H15N3S2/c1-2-11-5-7-12(8-6-11)10-18-14(16-17-15(18)19)13-4-3-9-20-13/h3-9H,2,10H2,1H3,(H,17,19). The molecule has 0 aliphatic rings. The van der Waals surface area contributed by atoms with Gasteiger partial charge >= 0.3 is 0 Å². The van der Waals surface area contributed by atoms with E-state index < -0.39 is 0 Å². The Morgan fingerprint density at radius 1 is 1.20 bits per heavy atom. The topological polar surface area (TPSA) is 33.6 Å². The molecule has 2 aromatic heterocycles. The van der Waals surface area contributed by atoms with Gasteiger partial charge in [-0.05, 0) is 41.2 Å². The van der Waals surface area contributed by atoms with Crippen LogP contribution < -0.4 is 0 Å². The van der Waals surface area contributed by atoms with Crippen molar-refractivity contribution in [1.29, 1.82) is 0 Å². The largest absolute Gasteiger partial charge is 0.295 e. The number of rotatable bonds is 4. The van der Waals surface area contributed by atoms with Crippen LogP contribution in [0.5, 0.6) is 0 Å². The van der Waals surface area contributed by atoms with Gasteiger partial charge in [-0.25, -0.2) is 0 Å². The molecule has 0 radical (unpaired) electrons. The Labute approximate surface area is 126 Å². The Hall–Kier alpha value is -1.72. The fourth-order valence-corrected chi connectivity index (χ4v) is 3.04. The minimum absolute atomic E-state index is 0.660. The first-order valence-electron chi connectivity index (χ1n) is 6.55. The van der Waals surface area contributed by atoms with Crippen molar-refractivity contribution in [2.75, 3.05) is 0 Å². The molecule has 0 saturated carbocycles. The van der Waals surface area contributed by atoms with Gasteiger partial charge in [0.1, 0.15) is 0 Å². The summed E-state index contributed by atoms with van der Waals surface area (Å²) in [7, 11) is 0. The number of hydrogen-bond donors (Lipinski definition) is 1. The number of H-pyrrole nitrogens is 1. The van der Waals surface area contributed by atoms with Crippen LogP contribution in [0, 0.1) is 4.77 Å². The van der Waals surface area contributed by atoms with E-state index in [9.17, 15) is 0 Å². The highest BCUT2D eigenvalue weighted by Gasteiger charge is 2.10. The third-order valence-corrected chi connectivity index (χ3v) is 4.45. The molecule has 0 fully saturated rings. The lowest BCUT2D eigenvalue weighted by Gasteiger charge is -2.06. The van der Waals surface area contributed by atoms with Gasteiger partial charge in [-0.15, -0.1) is 11.3 Å². The molecule has 0 unspecified atom stereocenters. The number of benzene rings is 1. The van der Waals surface area contributed by atoms with E-state index in [1.807, 2.05) is 16.0 Å². The van der Waals surface area contributed by atoms with Gasteiger partial charge in [-0.2, -0.15) is 5.10 Å². The highest BCUT2D eigenvalue weighted by Crippen LogP contribution is 2.23. The van der Waals surface area contributed by atoms with E-state index in [-0.39, 0.29) is 0 Å². The zero-order valence-electron chi connectivity index (χ0n) is 11.2. The molecule has 1 N–H and O–H groups in total. The van der Waals surface area contributed by atoms with Gasteiger partial charge in [0, 0.05) is 0 Å². The van der Waals surface area contributed by atoms with Crippen LogP contribution in [-0.2, 0) is 13.0 Å². The summed E-state index contributed by atoms with van der Waals surface area (Å²) >= 11 is 7.01. The van der Waals surface area contributed by atoms with Gasteiger partial charge in [0.25, 0.3) is 0 Å². The van der Waals surface area contributed by atoms with Gasteiger partial charge in [0.2, 0.25) is 0 Å². The fourth-order valence-electron chi connectivity index (χ4n) is 2.12. The number of hydrogen-bond acceptors (Lipinski definition) is 3. The molecule has 0 saturated heterocycles. The summed E-state index contributed by atoms with van der Waals surface area (Å²) in [4.78, 5) is 1.13. The Morgan fingerprint density at radius 2 is 1.95 bits per heavy atom. The lowest BCUT2D eigenvalue weighted by molar-refractivity contribution is 0.791. The first-order chi connectivity index (χ1) is 9.78. The first-order valence-corrected chi connectivity index (χ1v) is 7.83. The molecule has 0 spiro atoms. The lowest BCUT2D eigenvalue weighted by atomic mass is 10.1. The van der Waals surface area contributed by atoms with E-state index in [2.05, 4.69) is 47.5 Å². The Balaban J connectivity index is 1.94. The van der Waals surface area contributed by atoms with Crippen molar-refractivity contribution in [2.45, 2.75) is 19.9 Å². The molecule has 0 aliphatic heterocycles. The zero-order chi connectivity index (χ0) is 13.9. The number of nitrogens with one attached hydrogen (secondary N) is 1. The molecule has 3 aromatic rings. The molecule has 3 nitrogen and oxygen atoms in total. The quantitative estimate of drug-likeness (QED) is 0.730. The van der Waals surface area contributed by atoms with Gasteiger partial charge in [-0.1, -0.05) is 37.3 Å². The van der Waals surface area contributed by atoms with Crippen molar-refractivity contribution in [2.24, 2.45) is 0 Å². The molecule has 3 rings (SSSR count). The van der Waals surface area contributed by atoms with E-state index in [0.29, 0.717) is 4.77 Å². The molecular weight excluding hydrogens is 286 g/mol. The van der Waals surface area contributed by atoms with Crippen LogP contribution in [0.15, 0.2) is 41.8 Å². The minimum Gasteiger partial charge on any atom is -0.295 e. The fraction of sp³-hybridized carbons (Fsp3) is 0.200. The number of aromatic nitrogens is 3. The molecule has 0 atom stereocenters. The summed E-state index contributed by atoms with van der Waals surface area (Å²) in [5, 5.41) is 9.28. The number of aromatic amines is 1. The molecule has 102 valence electrons. The minimum atomic E-state index is 0.660. The third-order valence-electron chi connectivity index (χ3n) is 3.27. The highest BCUT2D eigenvalue weighted by molar-refractivity contribution is 7.71. The summed E-state index contributed by atoms with van der Waals surface area (Å²) in [6.07, 6.45) is 1.06. The average Bonchev–Trinajstić information content (AvgIpc) is 3.11. The van der Waals surface area contributed by atoms with E-state index in [4.69, 9.17) is 12.2 Å². The van der Waals surface area contributed by atoms with Crippen LogP contribution in [0.3, 0.4) is 0 Å². The van der Waals surface area contributed by atoms with Crippen molar-refractivity contribution in [3.63, 3.8) is 0 Å². The zero-order valence-corrected chi connectivity index (χ0v) is 12.8. The molecule has 2 heterocycles. The second-order valence-corrected chi connectivity index (χ2v) is 5.92. The van der Waals surface area contributed by atoms with E-state index in [1.165, 1.54) is 11.1 Å².